The lowest BCUT2D eigenvalue weighted by Crippen LogP contribution is -2.56. The van der Waals surface area contributed by atoms with Gasteiger partial charge >= 0.3 is 12.1 Å². The molecule has 176 valence electrons. The predicted molar refractivity (Wildman–Crippen MR) is 127 cm³/mol. The number of nitrogens with zero attached hydrogens (tertiary/aromatic N) is 1. The van der Waals surface area contributed by atoms with Crippen molar-refractivity contribution >= 4 is 18.0 Å². The molecule has 2 N–H and O–H groups in total. The molecule has 0 radical (unpaired) electrons. The predicted octanol–water partition coefficient (Wildman–Crippen LogP) is 3.63. The summed E-state index contributed by atoms with van der Waals surface area (Å²) in [5.41, 5.74) is 4.40. The molecule has 2 amide bonds. The number of likely N-dealkylation sites (tertiary alicyclic amines) is 1. The van der Waals surface area contributed by atoms with Gasteiger partial charge in [0.1, 0.15) is 18.7 Å². The van der Waals surface area contributed by atoms with Gasteiger partial charge < -0.3 is 20.1 Å². The van der Waals surface area contributed by atoms with E-state index in [0.29, 0.717) is 13.0 Å². The van der Waals surface area contributed by atoms with Crippen LogP contribution in [0, 0.1) is 18.3 Å². The van der Waals surface area contributed by atoms with E-state index < -0.39 is 30.1 Å². The number of carbonyl (C=O) groups excluding carboxylic acids is 2. The van der Waals surface area contributed by atoms with Crippen LogP contribution in [0.4, 0.5) is 4.79 Å². The van der Waals surface area contributed by atoms with Crippen molar-refractivity contribution in [3.05, 3.63) is 59.7 Å². The molecule has 4 rings (SSSR count). The van der Waals surface area contributed by atoms with Crippen LogP contribution in [0.15, 0.2) is 48.5 Å². The zero-order valence-electron chi connectivity index (χ0n) is 19.1. The summed E-state index contributed by atoms with van der Waals surface area (Å²) in [5.74, 6) is 0.912. The minimum Gasteiger partial charge on any atom is -0.480 e. The second kappa shape index (κ2) is 10.0. The first-order valence-electron chi connectivity index (χ1n) is 11.5. The minimum absolute atomic E-state index is 0.0553. The van der Waals surface area contributed by atoms with Gasteiger partial charge in [-0.25, -0.2) is 9.59 Å². The third-order valence-corrected chi connectivity index (χ3v) is 6.64. The Morgan fingerprint density at radius 2 is 1.74 bits per heavy atom. The monoisotopic (exact) mass is 460 g/mol. The molecule has 3 atom stereocenters. The van der Waals surface area contributed by atoms with Crippen LogP contribution in [0.3, 0.4) is 0 Å². The lowest BCUT2D eigenvalue weighted by molar-refractivity contribution is -0.153. The lowest BCUT2D eigenvalue weighted by atomic mass is 9.93. The fourth-order valence-electron chi connectivity index (χ4n) is 4.95. The van der Waals surface area contributed by atoms with Crippen LogP contribution < -0.4 is 5.32 Å². The normalized spacial score (nSPS) is 19.9. The Morgan fingerprint density at radius 3 is 2.32 bits per heavy atom. The number of hydrogen-bond donors (Lipinski definition) is 2. The van der Waals surface area contributed by atoms with Crippen LogP contribution >= 0.6 is 0 Å². The minimum atomic E-state index is -1.05. The van der Waals surface area contributed by atoms with Crippen molar-refractivity contribution in [2.24, 2.45) is 5.92 Å². The van der Waals surface area contributed by atoms with Gasteiger partial charge in [-0.15, -0.1) is 12.3 Å². The van der Waals surface area contributed by atoms with Gasteiger partial charge in [0.25, 0.3) is 0 Å². The zero-order chi connectivity index (χ0) is 24.2. The van der Waals surface area contributed by atoms with Crippen LogP contribution in [-0.4, -0.2) is 53.2 Å². The summed E-state index contributed by atoms with van der Waals surface area (Å²) in [6.45, 7) is 2.38. The fraction of sp³-hybridized carbons (Fsp3) is 0.370. The van der Waals surface area contributed by atoms with Gasteiger partial charge in [-0.2, -0.15) is 0 Å². The number of benzene rings is 2. The van der Waals surface area contributed by atoms with E-state index in [2.05, 4.69) is 11.2 Å². The second-order valence-electron chi connectivity index (χ2n) is 8.96. The molecule has 1 heterocycles. The standard InChI is InChI=1S/C27H28N2O5/c1-3-8-23(25(30)29-15-17(2)13-14-24(29)26(31)32)28-27(33)34-16-22-20-11-6-4-9-18(20)19-10-5-7-12-21(19)22/h1,4-7,9-12,17,22-24H,8,13-16H2,2H3,(H,28,33)(H,31,32). The van der Waals surface area contributed by atoms with Crippen LogP contribution in [0.1, 0.15) is 43.2 Å². The molecule has 1 saturated heterocycles. The molecule has 1 aliphatic heterocycles. The van der Waals surface area contributed by atoms with Gasteiger partial charge in [-0.1, -0.05) is 55.5 Å². The molecule has 2 aromatic carbocycles. The van der Waals surface area contributed by atoms with Crippen molar-refractivity contribution in [2.45, 2.75) is 44.2 Å². The molecule has 0 aromatic heterocycles. The molecule has 0 spiro atoms. The summed E-state index contributed by atoms with van der Waals surface area (Å²) >= 11 is 0. The summed E-state index contributed by atoms with van der Waals surface area (Å²) in [5, 5.41) is 12.1. The third-order valence-electron chi connectivity index (χ3n) is 6.64. The highest BCUT2D eigenvalue weighted by Crippen LogP contribution is 2.44. The number of amides is 2. The van der Waals surface area contributed by atoms with Crippen LogP contribution in [0.2, 0.25) is 0 Å². The number of fused-ring (bicyclic) bond motifs is 3. The van der Waals surface area contributed by atoms with Gasteiger partial charge in [-0.05, 0) is 41.0 Å². The number of ether oxygens (including phenoxy) is 1. The van der Waals surface area contributed by atoms with E-state index in [9.17, 15) is 19.5 Å². The number of rotatable bonds is 6. The maximum absolute atomic E-state index is 13.2. The molecule has 2 aromatic rings. The molecule has 34 heavy (non-hydrogen) atoms. The van der Waals surface area contributed by atoms with Crippen LogP contribution in [-0.2, 0) is 14.3 Å². The summed E-state index contributed by atoms with van der Waals surface area (Å²) in [4.78, 5) is 38.9. The van der Waals surface area contributed by atoms with E-state index in [1.165, 1.54) is 4.90 Å². The Kier molecular flexibility index (Phi) is 6.87. The molecule has 0 bridgehead atoms. The average molecular weight is 461 g/mol. The van der Waals surface area contributed by atoms with Gasteiger partial charge in [-0.3, -0.25) is 4.79 Å². The quantitative estimate of drug-likeness (QED) is 0.642. The maximum Gasteiger partial charge on any atom is 0.407 e. The summed E-state index contributed by atoms with van der Waals surface area (Å²) in [6, 6.07) is 14.0. The molecule has 7 heteroatoms. The Balaban J connectivity index is 1.44. The van der Waals surface area contributed by atoms with Crippen molar-refractivity contribution in [3.8, 4) is 23.5 Å². The summed E-state index contributed by atoms with van der Waals surface area (Å²) in [7, 11) is 0. The van der Waals surface area contributed by atoms with Crippen molar-refractivity contribution in [1.82, 2.24) is 10.2 Å². The number of carboxylic acid groups (broad SMARTS) is 1. The molecule has 1 aliphatic carbocycles. The second-order valence-corrected chi connectivity index (χ2v) is 8.96. The maximum atomic E-state index is 13.2. The number of alkyl carbamates (subject to hydrolysis) is 1. The number of aliphatic carboxylic acids is 1. The largest absolute Gasteiger partial charge is 0.480 e. The zero-order valence-corrected chi connectivity index (χ0v) is 19.1. The van der Waals surface area contributed by atoms with Crippen molar-refractivity contribution in [2.75, 3.05) is 13.2 Å². The van der Waals surface area contributed by atoms with Gasteiger partial charge in [0.15, 0.2) is 0 Å². The number of hydrogen-bond acceptors (Lipinski definition) is 4. The third kappa shape index (κ3) is 4.62. The Labute approximate surface area is 199 Å². The van der Waals surface area contributed by atoms with Crippen molar-refractivity contribution in [1.29, 1.82) is 0 Å². The highest BCUT2D eigenvalue weighted by atomic mass is 16.5. The molecular formula is C27H28N2O5. The molecular weight excluding hydrogens is 432 g/mol. The van der Waals surface area contributed by atoms with Gasteiger partial charge in [0.2, 0.25) is 5.91 Å². The van der Waals surface area contributed by atoms with E-state index in [4.69, 9.17) is 11.2 Å². The molecule has 1 fully saturated rings. The SMILES string of the molecule is C#CCC(NC(=O)OCC1c2ccccc2-c2ccccc21)C(=O)N1CC(C)CCC1C(=O)O. The first-order valence-corrected chi connectivity index (χ1v) is 11.5. The smallest absolute Gasteiger partial charge is 0.407 e. The molecule has 0 saturated carbocycles. The first-order chi connectivity index (χ1) is 16.4. The number of terminal acetylenes is 1. The van der Waals surface area contributed by atoms with E-state index in [1.54, 1.807) is 0 Å². The lowest BCUT2D eigenvalue weighted by Gasteiger charge is -2.38. The van der Waals surface area contributed by atoms with Crippen LogP contribution in [0.25, 0.3) is 11.1 Å². The highest BCUT2D eigenvalue weighted by molar-refractivity contribution is 5.90. The average Bonchev–Trinajstić information content (AvgIpc) is 3.15. The van der Waals surface area contributed by atoms with Gasteiger partial charge in [0, 0.05) is 18.9 Å². The van der Waals surface area contributed by atoms with Gasteiger partial charge in [0.05, 0.1) is 0 Å². The fourth-order valence-corrected chi connectivity index (χ4v) is 4.95. The van der Waals surface area contributed by atoms with Crippen molar-refractivity contribution in [3.63, 3.8) is 0 Å². The number of piperidine rings is 1. The Bertz CT molecular complexity index is 1090. The summed E-state index contributed by atoms with van der Waals surface area (Å²) in [6.07, 6.45) is 5.73. The number of carboxylic acids is 1. The van der Waals surface area contributed by atoms with Crippen LogP contribution in [0.5, 0.6) is 0 Å². The molecule has 3 unspecified atom stereocenters. The topological polar surface area (TPSA) is 95.9 Å². The number of nitrogens with one attached hydrogen (secondary N) is 1. The first kappa shape index (κ1) is 23.4. The van der Waals surface area contributed by atoms with E-state index >= 15 is 0 Å². The van der Waals surface area contributed by atoms with E-state index in [1.807, 2.05) is 55.5 Å². The Morgan fingerprint density at radius 1 is 1.12 bits per heavy atom. The van der Waals surface area contributed by atoms with E-state index in [0.717, 1.165) is 28.7 Å². The summed E-state index contributed by atoms with van der Waals surface area (Å²) < 4.78 is 5.54. The Hall–Kier alpha value is -3.79. The van der Waals surface area contributed by atoms with E-state index in [-0.39, 0.29) is 24.9 Å². The molecule has 2 aliphatic rings. The highest BCUT2D eigenvalue weighted by Gasteiger charge is 2.38. The molecule has 7 nitrogen and oxygen atoms in total. The van der Waals surface area contributed by atoms with Crippen molar-refractivity contribution < 1.29 is 24.2 Å². The number of carbonyl (C=O) groups is 3.